The molecule has 0 aromatic carbocycles. The van der Waals surface area contributed by atoms with Crippen LogP contribution in [0.15, 0.2) is 0 Å². The normalized spacial score (nSPS) is 34.6. The summed E-state index contributed by atoms with van der Waals surface area (Å²) in [4.78, 5) is 0. The monoisotopic (exact) mass is 218 g/mol. The molecule has 3 nitrogen and oxygen atoms in total. The first kappa shape index (κ1) is 12.4. The van der Waals surface area contributed by atoms with Crippen LogP contribution in [0.5, 0.6) is 0 Å². The lowest BCUT2D eigenvalue weighted by Crippen LogP contribution is -2.31. The predicted molar refractivity (Wildman–Crippen MR) is 61.8 cm³/mol. The molecule has 5 heteroatoms. The van der Waals surface area contributed by atoms with E-state index in [0.717, 1.165) is 13.2 Å². The average molecular weight is 218 g/mol. The van der Waals surface area contributed by atoms with E-state index in [9.17, 15) is 0 Å². The molecule has 2 unspecified atom stereocenters. The number of hydrogen-bond acceptors (Lipinski definition) is 4. The summed E-state index contributed by atoms with van der Waals surface area (Å²) in [5.41, 5.74) is 0. The van der Waals surface area contributed by atoms with Gasteiger partial charge >= 0.3 is 0 Å². The Morgan fingerprint density at radius 1 is 1.57 bits per heavy atom. The Morgan fingerprint density at radius 3 is 2.86 bits per heavy atom. The molecule has 0 radical (unpaired) electrons. The zero-order chi connectivity index (χ0) is 10.6. The highest BCUT2D eigenvalue weighted by Gasteiger charge is 2.35. The molecule has 0 aromatic rings. The Balaban J connectivity index is 2.40. The van der Waals surface area contributed by atoms with E-state index in [0.29, 0.717) is 10.5 Å². The number of ether oxygens (including phenoxy) is 3. The third-order valence-corrected chi connectivity index (χ3v) is 4.05. The van der Waals surface area contributed by atoms with Crippen LogP contribution in [0.25, 0.3) is 0 Å². The smallest absolute Gasteiger partial charge is 0.140 e. The first-order chi connectivity index (χ1) is 6.69. The molecular formula is C9H19BO3S. The van der Waals surface area contributed by atoms with Crippen molar-refractivity contribution in [3.63, 3.8) is 0 Å². The molecule has 0 amide bonds. The maximum Gasteiger partial charge on any atom is 0.140 e. The Hall–Kier alpha value is 0.295. The van der Waals surface area contributed by atoms with Crippen molar-refractivity contribution in [3.8, 4) is 0 Å². The van der Waals surface area contributed by atoms with Gasteiger partial charge in [0.2, 0.25) is 0 Å². The lowest BCUT2D eigenvalue weighted by Gasteiger charge is -2.22. The van der Waals surface area contributed by atoms with Gasteiger partial charge in [-0.15, -0.1) is 11.8 Å². The first-order valence-electron chi connectivity index (χ1n) is 4.97. The maximum absolute atomic E-state index is 5.56. The van der Waals surface area contributed by atoms with Crippen LogP contribution in [0.1, 0.15) is 6.92 Å². The zero-order valence-electron chi connectivity index (χ0n) is 9.36. The van der Waals surface area contributed by atoms with Crippen molar-refractivity contribution in [2.45, 2.75) is 29.5 Å². The van der Waals surface area contributed by atoms with E-state index in [1.165, 1.54) is 0 Å². The van der Waals surface area contributed by atoms with Crippen molar-refractivity contribution < 1.29 is 14.2 Å². The van der Waals surface area contributed by atoms with Crippen LogP contribution < -0.4 is 0 Å². The van der Waals surface area contributed by atoms with Crippen LogP contribution in [-0.2, 0) is 14.2 Å². The molecular weight excluding hydrogens is 199 g/mol. The second-order valence-corrected chi connectivity index (χ2v) is 5.30. The lowest BCUT2D eigenvalue weighted by atomic mass is 9.96. The molecule has 1 heterocycles. The predicted octanol–water partition coefficient (Wildman–Crippen LogP) is 0.127. The fourth-order valence-corrected chi connectivity index (χ4v) is 3.10. The molecule has 14 heavy (non-hydrogen) atoms. The van der Waals surface area contributed by atoms with Crippen LogP contribution in [0.4, 0.5) is 0 Å². The summed E-state index contributed by atoms with van der Waals surface area (Å²) in [5, 5.41) is 0.928. The van der Waals surface area contributed by atoms with Gasteiger partial charge in [0.05, 0.1) is 24.6 Å². The van der Waals surface area contributed by atoms with Crippen LogP contribution in [0.3, 0.4) is 0 Å². The fourth-order valence-electron chi connectivity index (χ4n) is 1.68. The second kappa shape index (κ2) is 6.00. The lowest BCUT2D eigenvalue weighted by molar-refractivity contribution is 0.0797. The molecule has 1 aliphatic rings. The van der Waals surface area contributed by atoms with Crippen molar-refractivity contribution in [2.24, 2.45) is 0 Å². The SMILES string of the molecule is B[C@@H]1OCC(OC)[C@@H]1SC(C)COC. The van der Waals surface area contributed by atoms with Gasteiger partial charge in [-0.25, -0.2) is 0 Å². The standard InChI is InChI=1S/C9H19BO3S/c1-6(4-11-2)14-8-7(12-3)5-13-9(8)10/h6-9H,4-5,10H2,1-3H3/t6?,7?,8-,9+/m0/s1. The molecule has 82 valence electrons. The van der Waals surface area contributed by atoms with Gasteiger partial charge in [-0.3, -0.25) is 0 Å². The molecule has 1 rings (SSSR count). The van der Waals surface area contributed by atoms with Gasteiger partial charge in [-0.1, -0.05) is 6.92 Å². The van der Waals surface area contributed by atoms with Crippen molar-refractivity contribution in [3.05, 3.63) is 0 Å². The van der Waals surface area contributed by atoms with E-state index in [2.05, 4.69) is 14.8 Å². The van der Waals surface area contributed by atoms with Crippen molar-refractivity contribution >= 4 is 19.6 Å². The van der Waals surface area contributed by atoms with E-state index < -0.39 is 0 Å². The number of hydrogen-bond donors (Lipinski definition) is 0. The minimum absolute atomic E-state index is 0.231. The molecule has 0 N–H and O–H groups in total. The van der Waals surface area contributed by atoms with Crippen LogP contribution in [-0.4, -0.2) is 57.9 Å². The van der Waals surface area contributed by atoms with Crippen LogP contribution in [0.2, 0.25) is 0 Å². The van der Waals surface area contributed by atoms with Gasteiger partial charge in [0.15, 0.2) is 0 Å². The number of methoxy groups -OCH3 is 2. The van der Waals surface area contributed by atoms with E-state index >= 15 is 0 Å². The molecule has 0 spiro atoms. The third-order valence-electron chi connectivity index (χ3n) is 2.45. The third kappa shape index (κ3) is 3.16. The highest BCUT2D eigenvalue weighted by atomic mass is 32.2. The van der Waals surface area contributed by atoms with E-state index in [1.807, 2.05) is 11.8 Å². The Morgan fingerprint density at radius 2 is 2.29 bits per heavy atom. The molecule has 0 saturated carbocycles. The quantitative estimate of drug-likeness (QED) is 0.613. The molecule has 0 bridgehead atoms. The zero-order valence-corrected chi connectivity index (χ0v) is 10.2. The van der Waals surface area contributed by atoms with Gasteiger partial charge in [-0.05, 0) is 0 Å². The second-order valence-electron chi connectivity index (χ2n) is 3.68. The summed E-state index contributed by atoms with van der Waals surface area (Å²) in [6, 6.07) is 0.282. The minimum atomic E-state index is 0.231. The van der Waals surface area contributed by atoms with Crippen molar-refractivity contribution in [1.82, 2.24) is 0 Å². The minimum Gasteiger partial charge on any atom is -0.384 e. The molecule has 0 aromatic heterocycles. The van der Waals surface area contributed by atoms with Gasteiger partial charge in [0, 0.05) is 25.5 Å². The average Bonchev–Trinajstić information content (AvgIpc) is 2.48. The summed E-state index contributed by atoms with van der Waals surface area (Å²) in [7, 11) is 5.59. The maximum atomic E-state index is 5.56. The van der Waals surface area contributed by atoms with Gasteiger partial charge in [0.1, 0.15) is 7.85 Å². The highest BCUT2D eigenvalue weighted by molar-refractivity contribution is 8.00. The Kier molecular flexibility index (Phi) is 5.30. The number of rotatable bonds is 5. The van der Waals surface area contributed by atoms with E-state index in [-0.39, 0.29) is 12.1 Å². The topological polar surface area (TPSA) is 27.7 Å². The molecule has 1 saturated heterocycles. The summed E-state index contributed by atoms with van der Waals surface area (Å²) >= 11 is 1.90. The van der Waals surface area contributed by atoms with Crippen LogP contribution in [0, 0.1) is 0 Å². The summed E-state index contributed by atoms with van der Waals surface area (Å²) in [6.45, 7) is 3.67. The van der Waals surface area contributed by atoms with Crippen molar-refractivity contribution in [2.75, 3.05) is 27.4 Å². The largest absolute Gasteiger partial charge is 0.384 e. The summed E-state index contributed by atoms with van der Waals surface area (Å²) < 4.78 is 16.1. The van der Waals surface area contributed by atoms with Gasteiger partial charge in [0.25, 0.3) is 0 Å². The molecule has 1 fully saturated rings. The Labute approximate surface area is 91.3 Å². The summed E-state index contributed by atoms with van der Waals surface area (Å²) in [5.74, 6) is 0. The van der Waals surface area contributed by atoms with Gasteiger partial charge < -0.3 is 14.2 Å². The Bertz CT molecular complexity index is 170. The van der Waals surface area contributed by atoms with Gasteiger partial charge in [-0.2, -0.15) is 0 Å². The van der Waals surface area contributed by atoms with E-state index in [4.69, 9.17) is 14.2 Å². The fraction of sp³-hybridized carbons (Fsp3) is 1.00. The van der Waals surface area contributed by atoms with Crippen molar-refractivity contribution in [1.29, 1.82) is 0 Å². The molecule has 4 atom stereocenters. The molecule has 1 aliphatic heterocycles. The first-order valence-corrected chi connectivity index (χ1v) is 5.92. The van der Waals surface area contributed by atoms with Crippen LogP contribution >= 0.6 is 11.8 Å². The highest BCUT2D eigenvalue weighted by Crippen LogP contribution is 2.30. The summed E-state index contributed by atoms with van der Waals surface area (Å²) in [6.07, 6.45) is 0.231. The van der Waals surface area contributed by atoms with E-state index in [1.54, 1.807) is 14.2 Å². The number of thioether (sulfide) groups is 1. The molecule has 0 aliphatic carbocycles.